The molecule has 112 valence electrons. The summed E-state index contributed by atoms with van der Waals surface area (Å²) in [5, 5.41) is 10.1. The SMILES string of the molecule is COc1cccc(N(C)C2CCN(C)CC2)c1[C@H](C)O. The van der Waals surface area contributed by atoms with E-state index >= 15 is 0 Å². The zero-order valence-electron chi connectivity index (χ0n) is 13.0. The molecule has 0 unspecified atom stereocenters. The van der Waals surface area contributed by atoms with Gasteiger partial charge >= 0.3 is 0 Å². The van der Waals surface area contributed by atoms with Gasteiger partial charge in [0.05, 0.1) is 13.2 Å². The fourth-order valence-corrected chi connectivity index (χ4v) is 3.02. The van der Waals surface area contributed by atoms with E-state index in [0.717, 1.165) is 42.9 Å². The van der Waals surface area contributed by atoms with Gasteiger partial charge in [-0.15, -0.1) is 0 Å². The van der Waals surface area contributed by atoms with Crippen LogP contribution in [0.25, 0.3) is 0 Å². The van der Waals surface area contributed by atoms with Gasteiger partial charge in [0.25, 0.3) is 0 Å². The molecule has 1 atom stereocenters. The molecule has 20 heavy (non-hydrogen) atoms. The van der Waals surface area contributed by atoms with E-state index in [9.17, 15) is 5.11 Å². The van der Waals surface area contributed by atoms with Crippen LogP contribution in [-0.4, -0.2) is 50.3 Å². The molecule has 1 aliphatic heterocycles. The number of ether oxygens (including phenoxy) is 1. The zero-order valence-corrected chi connectivity index (χ0v) is 13.0. The van der Waals surface area contributed by atoms with Gasteiger partial charge in [-0.2, -0.15) is 0 Å². The van der Waals surface area contributed by atoms with Crippen molar-refractivity contribution < 1.29 is 9.84 Å². The molecule has 4 nitrogen and oxygen atoms in total. The fourth-order valence-electron chi connectivity index (χ4n) is 3.02. The molecule has 1 heterocycles. The average Bonchev–Trinajstić information content (AvgIpc) is 2.46. The lowest BCUT2D eigenvalue weighted by molar-refractivity contribution is 0.194. The van der Waals surface area contributed by atoms with E-state index in [1.165, 1.54) is 0 Å². The lowest BCUT2D eigenvalue weighted by atomic mass is 10.00. The summed E-state index contributed by atoms with van der Waals surface area (Å²) in [6.07, 6.45) is 1.78. The highest BCUT2D eigenvalue weighted by Crippen LogP contribution is 2.35. The quantitative estimate of drug-likeness (QED) is 0.916. The monoisotopic (exact) mass is 278 g/mol. The van der Waals surface area contributed by atoms with Gasteiger partial charge in [-0.25, -0.2) is 0 Å². The first kappa shape index (κ1) is 15.1. The number of nitrogens with zero attached hydrogens (tertiary/aromatic N) is 2. The van der Waals surface area contributed by atoms with Crippen molar-refractivity contribution in [2.45, 2.75) is 31.9 Å². The van der Waals surface area contributed by atoms with Crippen LogP contribution in [0.2, 0.25) is 0 Å². The molecule has 0 radical (unpaired) electrons. The lowest BCUT2D eigenvalue weighted by Crippen LogP contribution is -2.42. The van der Waals surface area contributed by atoms with Crippen molar-refractivity contribution in [2.75, 3.05) is 39.2 Å². The van der Waals surface area contributed by atoms with E-state index in [-0.39, 0.29) is 0 Å². The van der Waals surface area contributed by atoms with Crippen LogP contribution in [0.3, 0.4) is 0 Å². The van der Waals surface area contributed by atoms with Crippen LogP contribution in [0.15, 0.2) is 18.2 Å². The second kappa shape index (κ2) is 6.46. The summed E-state index contributed by atoms with van der Waals surface area (Å²) >= 11 is 0. The molecule has 1 aliphatic rings. The summed E-state index contributed by atoms with van der Waals surface area (Å²) in [6, 6.07) is 6.50. The first-order valence-electron chi connectivity index (χ1n) is 7.31. The molecule has 0 spiro atoms. The van der Waals surface area contributed by atoms with Crippen molar-refractivity contribution >= 4 is 5.69 Å². The van der Waals surface area contributed by atoms with E-state index in [4.69, 9.17) is 4.74 Å². The molecule has 1 fully saturated rings. The third kappa shape index (κ3) is 3.07. The summed E-state index contributed by atoms with van der Waals surface area (Å²) in [5.74, 6) is 0.761. The van der Waals surface area contributed by atoms with Crippen molar-refractivity contribution in [3.05, 3.63) is 23.8 Å². The lowest BCUT2D eigenvalue weighted by Gasteiger charge is -2.37. The van der Waals surface area contributed by atoms with Crippen LogP contribution in [-0.2, 0) is 0 Å². The van der Waals surface area contributed by atoms with E-state index in [1.807, 2.05) is 12.1 Å². The van der Waals surface area contributed by atoms with Crippen molar-refractivity contribution in [3.8, 4) is 5.75 Å². The van der Waals surface area contributed by atoms with Crippen molar-refractivity contribution in [1.82, 2.24) is 4.90 Å². The standard InChI is InChI=1S/C16H26N2O2/c1-12(19)16-14(6-5-7-15(16)20-4)18(3)13-8-10-17(2)11-9-13/h5-7,12-13,19H,8-11H2,1-4H3/t12-/m0/s1. The molecule has 1 N–H and O–H groups in total. The van der Waals surface area contributed by atoms with Gasteiger partial charge in [0, 0.05) is 24.3 Å². The maximum absolute atomic E-state index is 10.1. The van der Waals surface area contributed by atoms with Gasteiger partial charge in [0.2, 0.25) is 0 Å². The third-order valence-electron chi connectivity index (χ3n) is 4.30. The Labute approximate surface area is 122 Å². The highest BCUT2D eigenvalue weighted by Gasteiger charge is 2.24. The molecular weight excluding hydrogens is 252 g/mol. The minimum absolute atomic E-state index is 0.524. The van der Waals surface area contributed by atoms with E-state index in [0.29, 0.717) is 6.04 Å². The van der Waals surface area contributed by atoms with Crippen LogP contribution in [0.1, 0.15) is 31.4 Å². The first-order chi connectivity index (χ1) is 9.54. The van der Waals surface area contributed by atoms with Crippen molar-refractivity contribution in [2.24, 2.45) is 0 Å². The van der Waals surface area contributed by atoms with Crippen LogP contribution in [0.4, 0.5) is 5.69 Å². The van der Waals surface area contributed by atoms with E-state index in [2.05, 4.69) is 30.0 Å². The number of anilines is 1. The smallest absolute Gasteiger partial charge is 0.126 e. The number of likely N-dealkylation sites (tertiary alicyclic amines) is 1. The Bertz CT molecular complexity index is 440. The minimum Gasteiger partial charge on any atom is -0.496 e. The number of piperidine rings is 1. The van der Waals surface area contributed by atoms with Crippen LogP contribution < -0.4 is 9.64 Å². The second-order valence-corrected chi connectivity index (χ2v) is 5.71. The third-order valence-corrected chi connectivity index (χ3v) is 4.30. The molecule has 2 rings (SSSR count). The second-order valence-electron chi connectivity index (χ2n) is 5.71. The summed E-state index contributed by atoms with van der Waals surface area (Å²) < 4.78 is 5.41. The molecule has 0 bridgehead atoms. The number of hydrogen-bond donors (Lipinski definition) is 1. The van der Waals surface area contributed by atoms with E-state index < -0.39 is 6.10 Å². The summed E-state index contributed by atoms with van der Waals surface area (Å²) in [4.78, 5) is 4.67. The Hall–Kier alpha value is -1.26. The highest BCUT2D eigenvalue weighted by molar-refractivity contribution is 5.60. The number of benzene rings is 1. The van der Waals surface area contributed by atoms with Crippen LogP contribution in [0, 0.1) is 0 Å². The number of rotatable bonds is 4. The van der Waals surface area contributed by atoms with Gasteiger partial charge in [0.1, 0.15) is 5.75 Å². The average molecular weight is 278 g/mol. The minimum atomic E-state index is -0.533. The van der Waals surface area contributed by atoms with Gasteiger partial charge in [-0.1, -0.05) is 6.07 Å². The molecule has 0 amide bonds. The van der Waals surface area contributed by atoms with Crippen molar-refractivity contribution in [3.63, 3.8) is 0 Å². The topological polar surface area (TPSA) is 35.9 Å². The van der Waals surface area contributed by atoms with Gasteiger partial charge < -0.3 is 19.6 Å². The molecule has 0 saturated carbocycles. The Balaban J connectivity index is 2.27. The largest absolute Gasteiger partial charge is 0.496 e. The zero-order chi connectivity index (χ0) is 14.7. The van der Waals surface area contributed by atoms with Gasteiger partial charge in [-0.05, 0) is 52.0 Å². The fraction of sp³-hybridized carbons (Fsp3) is 0.625. The van der Waals surface area contributed by atoms with Gasteiger partial charge in [-0.3, -0.25) is 0 Å². The Morgan fingerprint density at radius 3 is 2.55 bits per heavy atom. The molecule has 0 aliphatic carbocycles. The maximum atomic E-state index is 10.1. The number of aliphatic hydroxyl groups excluding tert-OH is 1. The molecule has 0 aromatic heterocycles. The van der Waals surface area contributed by atoms with E-state index in [1.54, 1.807) is 14.0 Å². The number of hydrogen-bond acceptors (Lipinski definition) is 4. The maximum Gasteiger partial charge on any atom is 0.126 e. The predicted molar refractivity (Wildman–Crippen MR) is 82.5 cm³/mol. The molecule has 1 aromatic rings. The Kier molecular flexibility index (Phi) is 4.89. The van der Waals surface area contributed by atoms with Gasteiger partial charge in [0.15, 0.2) is 0 Å². The summed E-state index contributed by atoms with van der Waals surface area (Å²) in [7, 11) is 5.94. The Morgan fingerprint density at radius 1 is 1.35 bits per heavy atom. The van der Waals surface area contributed by atoms with Crippen LogP contribution >= 0.6 is 0 Å². The molecular formula is C16H26N2O2. The number of methoxy groups -OCH3 is 1. The van der Waals surface area contributed by atoms with Crippen LogP contribution in [0.5, 0.6) is 5.75 Å². The van der Waals surface area contributed by atoms with Crippen molar-refractivity contribution in [1.29, 1.82) is 0 Å². The Morgan fingerprint density at radius 2 is 2.00 bits per heavy atom. The first-order valence-corrected chi connectivity index (χ1v) is 7.31. The highest BCUT2D eigenvalue weighted by atomic mass is 16.5. The summed E-state index contributed by atoms with van der Waals surface area (Å²) in [6.45, 7) is 4.05. The molecule has 1 aromatic carbocycles. The summed E-state index contributed by atoms with van der Waals surface area (Å²) in [5.41, 5.74) is 1.96. The molecule has 1 saturated heterocycles. The normalized spacial score (nSPS) is 18.9. The predicted octanol–water partition coefficient (Wildman–Crippen LogP) is 2.28. The molecule has 4 heteroatoms. The number of aliphatic hydroxyl groups is 1.